The lowest BCUT2D eigenvalue weighted by Gasteiger charge is -2.17. The minimum absolute atomic E-state index is 0.0771. The molecule has 0 unspecified atom stereocenters. The van der Waals surface area contributed by atoms with Gasteiger partial charge >= 0.3 is 6.18 Å². The van der Waals surface area contributed by atoms with Crippen molar-refractivity contribution in [3.63, 3.8) is 0 Å². The third-order valence-electron chi connectivity index (χ3n) is 5.93. The zero-order chi connectivity index (χ0) is 24.0. The summed E-state index contributed by atoms with van der Waals surface area (Å²) in [4.78, 5) is 18.6. The normalized spacial score (nSPS) is 15.7. The van der Waals surface area contributed by atoms with Gasteiger partial charge in [0.15, 0.2) is 11.3 Å². The highest BCUT2D eigenvalue weighted by atomic mass is 32.1. The summed E-state index contributed by atoms with van der Waals surface area (Å²) in [5.74, 6) is -0.175. The topological polar surface area (TPSA) is 83.1 Å². The Balaban J connectivity index is 1.59. The molecule has 1 aromatic carbocycles. The molecule has 4 aromatic rings. The average molecular weight is 482 g/mol. The summed E-state index contributed by atoms with van der Waals surface area (Å²) in [7, 11) is 0. The van der Waals surface area contributed by atoms with Gasteiger partial charge in [-0.3, -0.25) is 4.79 Å². The number of nitrogens with one attached hydrogen (secondary N) is 1. The van der Waals surface area contributed by atoms with Crippen molar-refractivity contribution in [2.45, 2.75) is 32.4 Å². The molecule has 34 heavy (non-hydrogen) atoms. The van der Waals surface area contributed by atoms with E-state index in [1.165, 1.54) is 11.3 Å². The van der Waals surface area contributed by atoms with Crippen LogP contribution >= 0.6 is 11.3 Å². The van der Waals surface area contributed by atoms with Crippen LogP contribution in [-0.2, 0) is 19.0 Å². The average Bonchev–Trinajstić information content (AvgIpc) is 3.38. The lowest BCUT2D eigenvalue weighted by atomic mass is 9.88. The minimum Gasteiger partial charge on any atom is -0.312 e. The number of amides is 1. The van der Waals surface area contributed by atoms with E-state index < -0.39 is 17.8 Å². The van der Waals surface area contributed by atoms with E-state index in [1.807, 2.05) is 0 Å². The predicted molar refractivity (Wildman–Crippen MR) is 122 cm³/mol. The number of anilines is 1. The fourth-order valence-corrected chi connectivity index (χ4v) is 5.57. The molecule has 0 spiro atoms. The maximum atomic E-state index is 13.8. The molecule has 10 heteroatoms. The van der Waals surface area contributed by atoms with Crippen LogP contribution in [0.4, 0.5) is 18.2 Å². The monoisotopic (exact) mass is 481 g/mol. The molecule has 5 rings (SSSR count). The highest BCUT2D eigenvalue weighted by molar-refractivity contribution is 7.16. The first kappa shape index (κ1) is 22.1. The summed E-state index contributed by atoms with van der Waals surface area (Å²) in [6.45, 7) is 2.14. The summed E-state index contributed by atoms with van der Waals surface area (Å²) in [6.07, 6.45) is -1.07. The first-order chi connectivity index (χ1) is 16.3. The van der Waals surface area contributed by atoms with Crippen molar-refractivity contribution < 1.29 is 18.0 Å². The second-order valence-corrected chi connectivity index (χ2v) is 9.41. The van der Waals surface area contributed by atoms with Crippen molar-refractivity contribution in [1.82, 2.24) is 14.6 Å². The molecule has 1 aliphatic rings. The Morgan fingerprint density at radius 2 is 2.06 bits per heavy atom. The van der Waals surface area contributed by atoms with Gasteiger partial charge in [0, 0.05) is 10.4 Å². The van der Waals surface area contributed by atoms with Crippen molar-refractivity contribution in [3.05, 3.63) is 69.9 Å². The summed E-state index contributed by atoms with van der Waals surface area (Å²) in [5, 5.41) is 16.6. The molecule has 1 atom stereocenters. The van der Waals surface area contributed by atoms with Gasteiger partial charge in [0.05, 0.1) is 17.5 Å². The van der Waals surface area contributed by atoms with Crippen molar-refractivity contribution >= 4 is 27.9 Å². The fraction of sp³-hybridized carbons (Fsp3) is 0.250. The van der Waals surface area contributed by atoms with Crippen molar-refractivity contribution in [1.29, 1.82) is 5.26 Å². The van der Waals surface area contributed by atoms with E-state index in [0.29, 0.717) is 26.6 Å². The van der Waals surface area contributed by atoms with Crippen LogP contribution in [-0.4, -0.2) is 20.5 Å². The third-order valence-corrected chi connectivity index (χ3v) is 7.10. The molecule has 0 radical (unpaired) electrons. The number of rotatable bonds is 3. The molecule has 3 aromatic heterocycles. The van der Waals surface area contributed by atoms with Crippen LogP contribution in [0.5, 0.6) is 0 Å². The smallest absolute Gasteiger partial charge is 0.312 e. The van der Waals surface area contributed by atoms with E-state index in [0.717, 1.165) is 42.0 Å². The molecule has 0 saturated heterocycles. The number of fused-ring (bicyclic) bond motifs is 2. The number of halogens is 3. The van der Waals surface area contributed by atoms with Gasteiger partial charge < -0.3 is 5.32 Å². The summed E-state index contributed by atoms with van der Waals surface area (Å²) in [6, 6.07) is 11.5. The molecular formula is C24H18F3N5OS. The molecular weight excluding hydrogens is 463 g/mol. The van der Waals surface area contributed by atoms with Crippen LogP contribution < -0.4 is 5.32 Å². The predicted octanol–water partition coefficient (Wildman–Crippen LogP) is 5.73. The van der Waals surface area contributed by atoms with Gasteiger partial charge in [-0.2, -0.15) is 23.5 Å². The van der Waals surface area contributed by atoms with Gasteiger partial charge in [0.25, 0.3) is 5.91 Å². The van der Waals surface area contributed by atoms with E-state index in [2.05, 4.69) is 28.4 Å². The lowest BCUT2D eigenvalue weighted by molar-refractivity contribution is -0.142. The van der Waals surface area contributed by atoms with E-state index in [-0.39, 0.29) is 16.9 Å². The van der Waals surface area contributed by atoms with Crippen molar-refractivity contribution in [3.8, 4) is 17.3 Å². The molecule has 0 aliphatic heterocycles. The van der Waals surface area contributed by atoms with Gasteiger partial charge in [-0.05, 0) is 36.8 Å². The Morgan fingerprint density at radius 3 is 2.76 bits per heavy atom. The van der Waals surface area contributed by atoms with E-state index in [4.69, 9.17) is 0 Å². The maximum absolute atomic E-state index is 13.8. The fourth-order valence-electron chi connectivity index (χ4n) is 4.21. The number of carbonyl (C=O) groups is 1. The number of hydrogen-bond acceptors (Lipinski definition) is 5. The van der Waals surface area contributed by atoms with E-state index in [1.54, 1.807) is 30.3 Å². The van der Waals surface area contributed by atoms with Crippen LogP contribution in [0, 0.1) is 17.2 Å². The molecule has 0 saturated carbocycles. The number of thiophene rings is 1. The lowest BCUT2D eigenvalue weighted by Crippen LogP contribution is -2.16. The minimum atomic E-state index is -4.71. The standard InChI is InChI=1S/C24H18F3N5OS/c1-13-7-8-15-16(11-28)23(34-19(15)9-13)31-22(33)17-12-29-32-20(24(25,26)27)10-18(30-21(17)32)14-5-3-2-4-6-14/h2-6,10,12-13H,7-9H2,1H3,(H,31,33)/t13-/m0/s1. The number of nitriles is 1. The van der Waals surface area contributed by atoms with Crippen molar-refractivity contribution in [2.75, 3.05) is 5.32 Å². The third kappa shape index (κ3) is 3.82. The number of nitrogens with zero attached hydrogens (tertiary/aromatic N) is 4. The summed E-state index contributed by atoms with van der Waals surface area (Å²) < 4.78 is 42.1. The Hall–Kier alpha value is -3.71. The van der Waals surface area contributed by atoms with Crippen LogP contribution in [0.3, 0.4) is 0 Å². The second kappa shape index (κ2) is 8.25. The molecule has 172 valence electrons. The molecule has 6 nitrogen and oxygen atoms in total. The van der Waals surface area contributed by atoms with E-state index in [9.17, 15) is 23.2 Å². The van der Waals surface area contributed by atoms with Crippen LogP contribution in [0.15, 0.2) is 42.6 Å². The first-order valence-corrected chi connectivity index (χ1v) is 11.4. The first-order valence-electron chi connectivity index (χ1n) is 10.6. The molecule has 1 N–H and O–H groups in total. The SMILES string of the molecule is C[C@H]1CCc2c(sc(NC(=O)c3cnn4c(C(F)(F)F)cc(-c5ccccc5)nc34)c2C#N)C1. The molecule has 0 bridgehead atoms. The molecule has 3 heterocycles. The second-order valence-electron chi connectivity index (χ2n) is 8.31. The highest BCUT2D eigenvalue weighted by Crippen LogP contribution is 2.39. The van der Waals surface area contributed by atoms with Crippen LogP contribution in [0.1, 0.15) is 45.4 Å². The highest BCUT2D eigenvalue weighted by Gasteiger charge is 2.36. The van der Waals surface area contributed by atoms with Gasteiger partial charge in [0.2, 0.25) is 0 Å². The Labute approximate surface area is 196 Å². The molecule has 1 amide bonds. The quantitative estimate of drug-likeness (QED) is 0.405. The van der Waals surface area contributed by atoms with Gasteiger partial charge in [-0.15, -0.1) is 11.3 Å². The molecule has 0 fully saturated rings. The summed E-state index contributed by atoms with van der Waals surface area (Å²) >= 11 is 1.35. The zero-order valence-corrected chi connectivity index (χ0v) is 18.8. The van der Waals surface area contributed by atoms with E-state index >= 15 is 0 Å². The Kier molecular flexibility index (Phi) is 5.37. The van der Waals surface area contributed by atoms with Crippen molar-refractivity contribution in [2.24, 2.45) is 5.92 Å². The number of carbonyl (C=O) groups excluding carboxylic acids is 1. The van der Waals surface area contributed by atoms with Gasteiger partial charge in [-0.25, -0.2) is 9.50 Å². The van der Waals surface area contributed by atoms with Crippen LogP contribution in [0.25, 0.3) is 16.9 Å². The maximum Gasteiger partial charge on any atom is 0.433 e. The number of alkyl halides is 3. The number of hydrogen-bond donors (Lipinski definition) is 1. The number of aromatic nitrogens is 3. The number of benzene rings is 1. The zero-order valence-electron chi connectivity index (χ0n) is 18.0. The summed E-state index contributed by atoms with van der Waals surface area (Å²) in [5.41, 5.74) is 0.582. The van der Waals surface area contributed by atoms with Crippen LogP contribution in [0.2, 0.25) is 0 Å². The van der Waals surface area contributed by atoms with Gasteiger partial charge in [-0.1, -0.05) is 37.3 Å². The van der Waals surface area contributed by atoms with Gasteiger partial charge in [0.1, 0.15) is 16.6 Å². The Bertz CT molecular complexity index is 1450. The molecule has 1 aliphatic carbocycles. The Morgan fingerprint density at radius 1 is 1.29 bits per heavy atom. The largest absolute Gasteiger partial charge is 0.433 e.